The van der Waals surface area contributed by atoms with Gasteiger partial charge in [-0.05, 0) is 84.7 Å². The average molecular weight is 442 g/mol. The van der Waals surface area contributed by atoms with Crippen LogP contribution in [0.2, 0.25) is 0 Å². The number of pyridine rings is 1. The van der Waals surface area contributed by atoms with Crippen molar-refractivity contribution in [2.45, 2.75) is 59.8 Å². The van der Waals surface area contributed by atoms with E-state index in [2.05, 4.69) is 24.3 Å². The number of para-hydroxylation sites is 1. The van der Waals surface area contributed by atoms with E-state index in [1.165, 1.54) is 39.8 Å². The molecule has 1 aliphatic carbocycles. The van der Waals surface area contributed by atoms with Crippen molar-refractivity contribution < 1.29 is 7.16 Å². The lowest BCUT2D eigenvalue weighted by atomic mass is 9.86. The van der Waals surface area contributed by atoms with Crippen molar-refractivity contribution in [1.82, 2.24) is 4.98 Å². The number of hydrogen-bond donors (Lipinski definition) is 0. The Morgan fingerprint density at radius 2 is 1.81 bits per heavy atom. The van der Waals surface area contributed by atoms with Crippen molar-refractivity contribution in [3.8, 4) is 11.3 Å². The van der Waals surface area contributed by atoms with Crippen molar-refractivity contribution in [1.29, 1.82) is 0 Å². The van der Waals surface area contributed by atoms with Crippen LogP contribution in [-0.4, -0.2) is 4.98 Å². The Morgan fingerprint density at radius 1 is 1.03 bits per heavy atom. The van der Waals surface area contributed by atoms with Crippen LogP contribution < -0.4 is 0 Å². The Kier molecular flexibility index (Phi) is 4.01. The molecule has 3 heterocycles. The van der Waals surface area contributed by atoms with Gasteiger partial charge in [0.2, 0.25) is 0 Å². The molecule has 3 aromatic heterocycles. The molecule has 0 spiro atoms. The van der Waals surface area contributed by atoms with E-state index in [1.807, 2.05) is 51.2 Å². The van der Waals surface area contributed by atoms with Gasteiger partial charge in [-0.15, -0.1) is 11.3 Å². The van der Waals surface area contributed by atoms with Gasteiger partial charge in [0, 0.05) is 30.2 Å². The third-order valence-corrected chi connectivity index (χ3v) is 7.78. The quantitative estimate of drug-likeness (QED) is 0.274. The Hall–Kier alpha value is -2.65. The summed E-state index contributed by atoms with van der Waals surface area (Å²) in [5.74, 6) is 0. The number of benzene rings is 2. The van der Waals surface area contributed by atoms with Gasteiger partial charge in [0.25, 0.3) is 0 Å². The molecule has 0 radical (unpaired) electrons. The molecule has 1 aliphatic rings. The highest BCUT2D eigenvalue weighted by atomic mass is 32.1. The molecule has 0 saturated carbocycles. The SMILES string of the molecule is [2H]C([2H])(c1cc(-c2cccc3c2oc2c3ccc3c4c(sc32)CCCC4)ncc1C)C(C)(C)C. The zero-order chi connectivity index (χ0) is 23.8. The van der Waals surface area contributed by atoms with Crippen LogP contribution in [0.1, 0.15) is 57.9 Å². The maximum absolute atomic E-state index is 8.84. The van der Waals surface area contributed by atoms with Gasteiger partial charge in [0.15, 0.2) is 5.58 Å². The Labute approximate surface area is 196 Å². The van der Waals surface area contributed by atoms with Crippen LogP contribution in [0.5, 0.6) is 0 Å². The first-order valence-corrected chi connectivity index (χ1v) is 12.3. The molecule has 0 aliphatic heterocycles. The van der Waals surface area contributed by atoms with Crippen molar-refractivity contribution >= 4 is 43.4 Å². The predicted molar refractivity (Wildman–Crippen MR) is 137 cm³/mol. The van der Waals surface area contributed by atoms with Crippen LogP contribution in [0.15, 0.2) is 47.0 Å². The molecule has 162 valence electrons. The fourth-order valence-electron chi connectivity index (χ4n) is 4.99. The van der Waals surface area contributed by atoms with Gasteiger partial charge in [0.1, 0.15) is 5.58 Å². The molecule has 5 aromatic rings. The standard InChI is InChI=1S/C29H29NOS/c1-17-16-30-24(14-18(17)15-29(2,3)4)23-10-7-9-20-21-12-13-22-19-8-5-6-11-25(19)32-28(22)27(21)31-26(20)23/h7,9-10,12-14,16H,5-6,8,11,15H2,1-4H3/i15D2. The number of fused-ring (bicyclic) bond motifs is 7. The molecule has 0 saturated heterocycles. The largest absolute Gasteiger partial charge is 0.454 e. The number of aromatic nitrogens is 1. The number of thiophene rings is 1. The summed E-state index contributed by atoms with van der Waals surface area (Å²) < 4.78 is 25.6. The van der Waals surface area contributed by atoms with E-state index in [1.54, 1.807) is 6.20 Å². The van der Waals surface area contributed by atoms with E-state index in [0.717, 1.165) is 45.2 Å². The summed E-state index contributed by atoms with van der Waals surface area (Å²) >= 11 is 1.90. The normalized spacial score (nSPS) is 15.9. The summed E-state index contributed by atoms with van der Waals surface area (Å²) in [4.78, 5) is 6.23. The van der Waals surface area contributed by atoms with Gasteiger partial charge in [-0.2, -0.15) is 0 Å². The summed E-state index contributed by atoms with van der Waals surface area (Å²) in [6, 6.07) is 12.6. The Morgan fingerprint density at radius 3 is 2.66 bits per heavy atom. The Bertz CT molecular complexity index is 1590. The van der Waals surface area contributed by atoms with Crippen LogP contribution in [0.3, 0.4) is 0 Å². The molecule has 0 bridgehead atoms. The lowest BCUT2D eigenvalue weighted by molar-refractivity contribution is 0.410. The molecule has 32 heavy (non-hydrogen) atoms. The zero-order valence-electron chi connectivity index (χ0n) is 21.1. The zero-order valence-corrected chi connectivity index (χ0v) is 20.0. The maximum atomic E-state index is 8.84. The van der Waals surface area contributed by atoms with Crippen LogP contribution in [0.25, 0.3) is 43.3 Å². The van der Waals surface area contributed by atoms with Gasteiger partial charge in [-0.3, -0.25) is 4.98 Å². The summed E-state index contributed by atoms with van der Waals surface area (Å²) in [5.41, 5.74) is 5.99. The maximum Gasteiger partial charge on any atom is 0.153 e. The summed E-state index contributed by atoms with van der Waals surface area (Å²) in [5, 5.41) is 3.57. The Balaban J connectivity index is 1.59. The van der Waals surface area contributed by atoms with E-state index in [0.29, 0.717) is 5.56 Å². The molecule has 0 N–H and O–H groups in total. The lowest BCUT2D eigenvalue weighted by Crippen LogP contribution is -2.10. The van der Waals surface area contributed by atoms with E-state index in [9.17, 15) is 0 Å². The molecule has 0 amide bonds. The van der Waals surface area contributed by atoms with Crippen LogP contribution in [-0.2, 0) is 19.2 Å². The number of furan rings is 1. The van der Waals surface area contributed by atoms with Crippen molar-refractivity contribution in [3.05, 3.63) is 64.2 Å². The summed E-state index contributed by atoms with van der Waals surface area (Å²) in [6.45, 7) is 7.77. The van der Waals surface area contributed by atoms with Crippen molar-refractivity contribution in [2.75, 3.05) is 0 Å². The molecule has 2 nitrogen and oxygen atoms in total. The smallest absolute Gasteiger partial charge is 0.153 e. The highest BCUT2D eigenvalue weighted by Crippen LogP contribution is 2.44. The van der Waals surface area contributed by atoms with Crippen molar-refractivity contribution in [3.63, 3.8) is 0 Å². The average Bonchev–Trinajstić information content (AvgIpc) is 3.37. The van der Waals surface area contributed by atoms with Crippen LogP contribution >= 0.6 is 11.3 Å². The highest BCUT2D eigenvalue weighted by Gasteiger charge is 2.21. The third kappa shape index (κ3) is 3.17. The first-order valence-electron chi connectivity index (χ1n) is 12.5. The number of nitrogens with zero attached hydrogens (tertiary/aromatic N) is 1. The monoisotopic (exact) mass is 441 g/mol. The minimum absolute atomic E-state index is 0.536. The fourth-order valence-corrected chi connectivity index (χ4v) is 6.36. The number of hydrogen-bond acceptors (Lipinski definition) is 3. The van der Waals surface area contributed by atoms with E-state index >= 15 is 0 Å². The fraction of sp³-hybridized carbons (Fsp3) is 0.345. The van der Waals surface area contributed by atoms with Gasteiger partial charge in [0.05, 0.1) is 10.4 Å². The molecular weight excluding hydrogens is 410 g/mol. The second kappa shape index (κ2) is 7.18. The first kappa shape index (κ1) is 17.9. The summed E-state index contributed by atoms with van der Waals surface area (Å²) in [6.07, 6.45) is 5.19. The van der Waals surface area contributed by atoms with E-state index < -0.39 is 11.8 Å². The lowest BCUT2D eigenvalue weighted by Gasteiger charge is -2.20. The molecule has 3 heteroatoms. The highest BCUT2D eigenvalue weighted by molar-refractivity contribution is 7.20. The van der Waals surface area contributed by atoms with Crippen molar-refractivity contribution in [2.24, 2.45) is 5.41 Å². The molecular formula is C29H29NOS. The van der Waals surface area contributed by atoms with Gasteiger partial charge in [-0.1, -0.05) is 39.0 Å². The summed E-state index contributed by atoms with van der Waals surface area (Å²) in [7, 11) is 0. The number of aryl methyl sites for hydroxylation is 3. The minimum atomic E-state index is -1.49. The predicted octanol–water partition coefficient (Wildman–Crippen LogP) is 8.64. The molecule has 0 fully saturated rings. The molecule has 2 aromatic carbocycles. The van der Waals surface area contributed by atoms with Crippen LogP contribution in [0, 0.1) is 12.3 Å². The second-order valence-electron chi connectivity index (χ2n) is 10.1. The molecule has 6 rings (SSSR count). The van der Waals surface area contributed by atoms with E-state index in [4.69, 9.17) is 12.1 Å². The van der Waals surface area contributed by atoms with Gasteiger partial charge in [-0.25, -0.2) is 0 Å². The second-order valence-corrected chi connectivity index (χ2v) is 11.2. The van der Waals surface area contributed by atoms with E-state index in [-0.39, 0.29) is 0 Å². The molecule has 0 atom stereocenters. The third-order valence-electron chi connectivity index (χ3n) is 6.48. The first-order chi connectivity index (χ1) is 16.2. The number of rotatable bonds is 2. The van der Waals surface area contributed by atoms with Gasteiger partial charge < -0.3 is 4.42 Å². The van der Waals surface area contributed by atoms with Gasteiger partial charge >= 0.3 is 0 Å². The van der Waals surface area contributed by atoms with Crippen LogP contribution in [0.4, 0.5) is 0 Å². The topological polar surface area (TPSA) is 26.0 Å². The molecule has 0 unspecified atom stereocenters. The minimum Gasteiger partial charge on any atom is -0.454 e.